The standard InChI is InChI=1S/C15H9Cl2N3O2/c1-22-9-4-2-8(3-5-9)20-14-10(6-18)19-7-11(21)12(14)13(16)15(20)17/h2-5,7,21H,1H3. The van der Waals surface area contributed by atoms with Gasteiger partial charge in [0.15, 0.2) is 5.69 Å². The summed E-state index contributed by atoms with van der Waals surface area (Å²) in [5, 5.41) is 19.9. The summed E-state index contributed by atoms with van der Waals surface area (Å²) in [6.07, 6.45) is 1.18. The molecule has 1 aromatic carbocycles. The number of aromatic nitrogens is 2. The van der Waals surface area contributed by atoms with Crippen LogP contribution in [0.1, 0.15) is 5.69 Å². The highest BCUT2D eigenvalue weighted by Gasteiger charge is 2.22. The Bertz CT molecular complexity index is 911. The van der Waals surface area contributed by atoms with Crippen LogP contribution in [-0.2, 0) is 0 Å². The second-order valence-corrected chi connectivity index (χ2v) is 5.20. The van der Waals surface area contributed by atoms with Gasteiger partial charge in [-0.2, -0.15) is 5.26 Å². The number of hydrogen-bond donors (Lipinski definition) is 1. The molecule has 0 saturated heterocycles. The third-order valence-corrected chi connectivity index (χ3v) is 4.11. The molecular formula is C15H9Cl2N3O2. The topological polar surface area (TPSA) is 71.1 Å². The predicted octanol–water partition coefficient (Wildman–Crippen LogP) is 3.92. The van der Waals surface area contributed by atoms with Crippen LogP contribution in [0.5, 0.6) is 11.5 Å². The molecule has 2 heterocycles. The van der Waals surface area contributed by atoms with Crippen molar-refractivity contribution in [2.45, 2.75) is 0 Å². The number of hydrogen-bond acceptors (Lipinski definition) is 4. The summed E-state index contributed by atoms with van der Waals surface area (Å²) in [6.45, 7) is 0. The monoisotopic (exact) mass is 333 g/mol. The predicted molar refractivity (Wildman–Crippen MR) is 84.0 cm³/mol. The number of rotatable bonds is 2. The number of nitriles is 1. The lowest BCUT2D eigenvalue weighted by atomic mass is 10.2. The fourth-order valence-corrected chi connectivity index (χ4v) is 2.83. The van der Waals surface area contributed by atoms with Gasteiger partial charge in [-0.1, -0.05) is 23.2 Å². The smallest absolute Gasteiger partial charge is 0.165 e. The summed E-state index contributed by atoms with van der Waals surface area (Å²) in [7, 11) is 1.57. The fourth-order valence-electron chi connectivity index (χ4n) is 2.28. The summed E-state index contributed by atoms with van der Waals surface area (Å²) in [5.74, 6) is 0.553. The largest absolute Gasteiger partial charge is 0.506 e. The van der Waals surface area contributed by atoms with Crippen LogP contribution >= 0.6 is 23.2 Å². The van der Waals surface area contributed by atoms with Gasteiger partial charge in [-0.05, 0) is 24.3 Å². The van der Waals surface area contributed by atoms with Gasteiger partial charge in [0, 0.05) is 5.69 Å². The molecule has 0 saturated carbocycles. The Morgan fingerprint density at radius 1 is 1.27 bits per heavy atom. The van der Waals surface area contributed by atoms with Crippen molar-refractivity contribution in [3.05, 3.63) is 46.3 Å². The molecule has 0 atom stereocenters. The van der Waals surface area contributed by atoms with E-state index in [1.807, 2.05) is 6.07 Å². The van der Waals surface area contributed by atoms with Crippen LogP contribution < -0.4 is 4.74 Å². The zero-order chi connectivity index (χ0) is 15.9. The molecule has 0 amide bonds. The summed E-state index contributed by atoms with van der Waals surface area (Å²) < 4.78 is 6.69. The number of ether oxygens (including phenoxy) is 1. The highest BCUT2D eigenvalue weighted by atomic mass is 35.5. The van der Waals surface area contributed by atoms with Gasteiger partial charge in [-0.3, -0.25) is 4.57 Å². The van der Waals surface area contributed by atoms with Crippen LogP contribution in [0.2, 0.25) is 10.2 Å². The summed E-state index contributed by atoms with van der Waals surface area (Å²) in [6, 6.07) is 9.04. The lowest BCUT2D eigenvalue weighted by Gasteiger charge is -2.09. The van der Waals surface area contributed by atoms with Crippen molar-refractivity contribution >= 4 is 34.1 Å². The van der Waals surface area contributed by atoms with Crippen molar-refractivity contribution < 1.29 is 9.84 Å². The van der Waals surface area contributed by atoms with E-state index >= 15 is 0 Å². The van der Waals surface area contributed by atoms with Gasteiger partial charge < -0.3 is 9.84 Å². The number of pyridine rings is 1. The SMILES string of the molecule is COc1ccc(-n2c(Cl)c(Cl)c3c(O)cnc(C#N)c32)cc1. The van der Waals surface area contributed by atoms with E-state index in [1.54, 1.807) is 35.9 Å². The van der Waals surface area contributed by atoms with Crippen molar-refractivity contribution in [2.75, 3.05) is 7.11 Å². The molecular weight excluding hydrogens is 325 g/mol. The third kappa shape index (κ3) is 2.05. The van der Waals surface area contributed by atoms with Gasteiger partial charge in [0.1, 0.15) is 22.7 Å². The van der Waals surface area contributed by atoms with Crippen LogP contribution in [0, 0.1) is 11.3 Å². The molecule has 0 aliphatic heterocycles. The molecule has 1 N–H and O–H groups in total. The maximum Gasteiger partial charge on any atom is 0.165 e. The number of aromatic hydroxyl groups is 1. The van der Waals surface area contributed by atoms with Crippen molar-refractivity contribution in [3.8, 4) is 23.3 Å². The van der Waals surface area contributed by atoms with Crippen molar-refractivity contribution in [3.63, 3.8) is 0 Å². The number of methoxy groups -OCH3 is 1. The lowest BCUT2D eigenvalue weighted by molar-refractivity contribution is 0.415. The molecule has 3 aromatic rings. The number of nitrogens with zero attached hydrogens (tertiary/aromatic N) is 3. The average molecular weight is 334 g/mol. The van der Waals surface area contributed by atoms with E-state index in [1.165, 1.54) is 6.20 Å². The van der Waals surface area contributed by atoms with E-state index < -0.39 is 0 Å². The van der Waals surface area contributed by atoms with Crippen molar-refractivity contribution in [1.29, 1.82) is 5.26 Å². The molecule has 2 aromatic heterocycles. The van der Waals surface area contributed by atoms with Crippen LogP contribution in [0.15, 0.2) is 30.5 Å². The maximum absolute atomic E-state index is 9.99. The molecule has 0 fully saturated rings. The van der Waals surface area contributed by atoms with Crippen molar-refractivity contribution in [1.82, 2.24) is 9.55 Å². The van der Waals surface area contributed by atoms with Gasteiger partial charge >= 0.3 is 0 Å². The Labute approximate surface area is 135 Å². The Kier molecular flexibility index (Phi) is 3.57. The molecule has 22 heavy (non-hydrogen) atoms. The van der Waals surface area contributed by atoms with Gasteiger partial charge in [0.25, 0.3) is 0 Å². The second kappa shape index (κ2) is 5.41. The Morgan fingerprint density at radius 2 is 1.95 bits per heavy atom. The quantitative estimate of drug-likeness (QED) is 0.771. The maximum atomic E-state index is 9.99. The van der Waals surface area contributed by atoms with Gasteiger partial charge in [-0.15, -0.1) is 0 Å². The first-order valence-electron chi connectivity index (χ1n) is 6.20. The van der Waals surface area contributed by atoms with Crippen LogP contribution in [-0.4, -0.2) is 21.8 Å². The van der Waals surface area contributed by atoms with E-state index in [4.69, 9.17) is 27.9 Å². The molecule has 0 spiro atoms. The number of benzene rings is 1. The first-order valence-corrected chi connectivity index (χ1v) is 6.96. The normalized spacial score (nSPS) is 10.6. The summed E-state index contributed by atoms with van der Waals surface area (Å²) >= 11 is 12.5. The second-order valence-electron chi connectivity index (χ2n) is 4.47. The fraction of sp³-hybridized carbons (Fsp3) is 0.0667. The van der Waals surface area contributed by atoms with E-state index in [0.29, 0.717) is 22.3 Å². The summed E-state index contributed by atoms with van der Waals surface area (Å²) in [5.41, 5.74) is 1.16. The van der Waals surface area contributed by atoms with Crippen LogP contribution in [0.4, 0.5) is 0 Å². The van der Waals surface area contributed by atoms with Gasteiger partial charge in [-0.25, -0.2) is 4.98 Å². The average Bonchev–Trinajstić information content (AvgIpc) is 2.81. The molecule has 5 nitrogen and oxygen atoms in total. The molecule has 110 valence electrons. The molecule has 0 aliphatic carbocycles. The zero-order valence-corrected chi connectivity index (χ0v) is 12.9. The third-order valence-electron chi connectivity index (χ3n) is 3.29. The number of halogens is 2. The number of fused-ring (bicyclic) bond motifs is 1. The molecule has 0 unspecified atom stereocenters. The Hall–Kier alpha value is -2.42. The summed E-state index contributed by atoms with van der Waals surface area (Å²) in [4.78, 5) is 3.93. The highest BCUT2D eigenvalue weighted by molar-refractivity contribution is 6.46. The van der Waals surface area contributed by atoms with E-state index in [0.717, 1.165) is 0 Å². The van der Waals surface area contributed by atoms with Gasteiger partial charge in [0.05, 0.1) is 29.2 Å². The zero-order valence-electron chi connectivity index (χ0n) is 11.3. The Balaban J connectivity index is 2.40. The Morgan fingerprint density at radius 3 is 2.55 bits per heavy atom. The van der Waals surface area contributed by atoms with E-state index in [-0.39, 0.29) is 21.6 Å². The molecule has 7 heteroatoms. The van der Waals surface area contributed by atoms with Crippen LogP contribution in [0.3, 0.4) is 0 Å². The molecule has 0 aliphatic rings. The lowest BCUT2D eigenvalue weighted by Crippen LogP contribution is -1.97. The van der Waals surface area contributed by atoms with Crippen molar-refractivity contribution in [2.24, 2.45) is 0 Å². The van der Waals surface area contributed by atoms with E-state index in [2.05, 4.69) is 4.98 Å². The van der Waals surface area contributed by atoms with Crippen LogP contribution in [0.25, 0.3) is 16.6 Å². The van der Waals surface area contributed by atoms with E-state index in [9.17, 15) is 10.4 Å². The minimum Gasteiger partial charge on any atom is -0.506 e. The molecule has 0 bridgehead atoms. The molecule has 3 rings (SSSR count). The van der Waals surface area contributed by atoms with Gasteiger partial charge in [0.2, 0.25) is 0 Å². The first-order chi connectivity index (χ1) is 10.6. The minimum absolute atomic E-state index is 0.123. The first kappa shape index (κ1) is 14.5. The highest BCUT2D eigenvalue weighted by Crippen LogP contribution is 2.41. The molecule has 0 radical (unpaired) electrons. The minimum atomic E-state index is -0.131.